The molecule has 3 rings (SSSR count). The van der Waals surface area contributed by atoms with Crippen LogP contribution in [0.3, 0.4) is 0 Å². The van der Waals surface area contributed by atoms with Gasteiger partial charge < -0.3 is 10.1 Å². The molecule has 1 unspecified atom stereocenters. The summed E-state index contributed by atoms with van der Waals surface area (Å²) in [5, 5.41) is 7.61. The number of anilines is 1. The van der Waals surface area contributed by atoms with Gasteiger partial charge in [-0.3, -0.25) is 0 Å². The lowest BCUT2D eigenvalue weighted by atomic mass is 10.3. The summed E-state index contributed by atoms with van der Waals surface area (Å²) in [6.45, 7) is 3.96. The van der Waals surface area contributed by atoms with Crippen LogP contribution in [-0.2, 0) is 4.74 Å². The van der Waals surface area contributed by atoms with Gasteiger partial charge in [-0.15, -0.1) is 23.1 Å². The minimum atomic E-state index is 0.385. The van der Waals surface area contributed by atoms with E-state index >= 15 is 0 Å². The highest BCUT2D eigenvalue weighted by Gasteiger charge is 2.17. The number of hydrogen-bond donors (Lipinski definition) is 1. The molecule has 0 aromatic carbocycles. The van der Waals surface area contributed by atoms with Crippen molar-refractivity contribution in [3.63, 3.8) is 0 Å². The van der Waals surface area contributed by atoms with Gasteiger partial charge in [0, 0.05) is 24.3 Å². The topological polar surface area (TPSA) is 47.0 Å². The number of rotatable bonds is 6. The summed E-state index contributed by atoms with van der Waals surface area (Å²) < 4.78 is 5.69. The first-order valence-corrected chi connectivity index (χ1v) is 8.97. The number of nitrogens with one attached hydrogen (secondary N) is 1. The van der Waals surface area contributed by atoms with Crippen molar-refractivity contribution in [3.8, 4) is 0 Å². The van der Waals surface area contributed by atoms with E-state index in [0.717, 1.165) is 41.1 Å². The van der Waals surface area contributed by atoms with Crippen molar-refractivity contribution in [2.24, 2.45) is 0 Å². The molecule has 1 aliphatic rings. The van der Waals surface area contributed by atoms with Crippen LogP contribution in [0.2, 0.25) is 0 Å². The van der Waals surface area contributed by atoms with Gasteiger partial charge in [-0.05, 0) is 30.7 Å². The van der Waals surface area contributed by atoms with E-state index in [1.165, 1.54) is 18.2 Å². The van der Waals surface area contributed by atoms with E-state index in [1.54, 1.807) is 23.1 Å². The molecule has 0 spiro atoms. The van der Waals surface area contributed by atoms with Crippen LogP contribution in [0.4, 0.5) is 5.95 Å². The highest BCUT2D eigenvalue weighted by atomic mass is 32.2. The third-order valence-corrected chi connectivity index (χ3v) is 5.18. The highest BCUT2D eigenvalue weighted by molar-refractivity contribution is 7.99. The molecule has 0 bridgehead atoms. The van der Waals surface area contributed by atoms with E-state index in [9.17, 15) is 0 Å². The van der Waals surface area contributed by atoms with Gasteiger partial charge in [-0.25, -0.2) is 9.97 Å². The van der Waals surface area contributed by atoms with E-state index in [2.05, 4.69) is 33.7 Å². The van der Waals surface area contributed by atoms with Gasteiger partial charge in [0.2, 0.25) is 5.95 Å². The van der Waals surface area contributed by atoms with Crippen LogP contribution in [0.5, 0.6) is 0 Å². The predicted molar refractivity (Wildman–Crippen MR) is 85.9 cm³/mol. The molecule has 0 radical (unpaired) electrons. The monoisotopic (exact) mass is 309 g/mol. The zero-order valence-electron chi connectivity index (χ0n) is 11.6. The van der Waals surface area contributed by atoms with Crippen molar-refractivity contribution in [2.75, 3.05) is 24.2 Å². The summed E-state index contributed by atoms with van der Waals surface area (Å²) >= 11 is 3.46. The lowest BCUT2D eigenvalue weighted by Gasteiger charge is -2.10. The Morgan fingerprint density at radius 3 is 3.25 bits per heavy atom. The first kappa shape index (κ1) is 14.1. The average molecular weight is 309 g/mol. The van der Waals surface area contributed by atoms with Crippen LogP contribution >= 0.6 is 23.1 Å². The largest absolute Gasteiger partial charge is 0.377 e. The van der Waals surface area contributed by atoms with E-state index in [1.807, 2.05) is 0 Å². The maximum atomic E-state index is 5.69. The fraction of sp³-hybridized carbons (Fsp3) is 0.571. The lowest BCUT2D eigenvalue weighted by Crippen LogP contribution is -2.09. The Labute approximate surface area is 127 Å². The number of thioether (sulfide) groups is 1. The minimum absolute atomic E-state index is 0.385. The molecule has 108 valence electrons. The zero-order valence-corrected chi connectivity index (χ0v) is 13.2. The highest BCUT2D eigenvalue weighted by Crippen LogP contribution is 2.31. The summed E-state index contributed by atoms with van der Waals surface area (Å²) in [5.74, 6) is 1.73. The molecule has 2 aromatic heterocycles. The van der Waals surface area contributed by atoms with E-state index in [0.29, 0.717) is 6.10 Å². The molecule has 1 atom stereocenters. The Balaban J connectivity index is 1.77. The summed E-state index contributed by atoms with van der Waals surface area (Å²) in [7, 11) is 0. The fourth-order valence-electron chi connectivity index (χ4n) is 2.20. The molecule has 3 heterocycles. The first-order chi connectivity index (χ1) is 9.86. The first-order valence-electron chi connectivity index (χ1n) is 7.10. The van der Waals surface area contributed by atoms with Gasteiger partial charge in [0.05, 0.1) is 6.10 Å². The summed E-state index contributed by atoms with van der Waals surface area (Å²) in [6.07, 6.45) is 3.82. The SMILES string of the molecule is CCCNc1nc(SCC2CCCO2)c2ccsc2n1. The standard InChI is InChI=1S/C14H19N3OS2/c1-2-6-15-14-16-12-11(5-8-19-12)13(17-14)20-9-10-4-3-7-18-10/h5,8,10H,2-4,6-7,9H2,1H3,(H,15,16,17). The van der Waals surface area contributed by atoms with Crippen molar-refractivity contribution in [2.45, 2.75) is 37.3 Å². The van der Waals surface area contributed by atoms with Gasteiger partial charge in [-0.2, -0.15) is 0 Å². The van der Waals surface area contributed by atoms with E-state index < -0.39 is 0 Å². The minimum Gasteiger partial charge on any atom is -0.377 e. The summed E-state index contributed by atoms with van der Waals surface area (Å²) in [6, 6.07) is 2.11. The maximum absolute atomic E-state index is 5.69. The molecule has 1 N–H and O–H groups in total. The van der Waals surface area contributed by atoms with Crippen LogP contribution in [0.25, 0.3) is 10.2 Å². The molecule has 2 aromatic rings. The van der Waals surface area contributed by atoms with Crippen molar-refractivity contribution < 1.29 is 4.74 Å². The third kappa shape index (κ3) is 3.24. The molecule has 1 aliphatic heterocycles. The number of thiophene rings is 1. The molecule has 0 amide bonds. The molecule has 0 saturated carbocycles. The Morgan fingerprint density at radius 1 is 1.50 bits per heavy atom. The van der Waals surface area contributed by atoms with Gasteiger partial charge in [0.25, 0.3) is 0 Å². The van der Waals surface area contributed by atoms with Crippen LogP contribution in [0.1, 0.15) is 26.2 Å². The second-order valence-electron chi connectivity index (χ2n) is 4.86. The van der Waals surface area contributed by atoms with Crippen LogP contribution < -0.4 is 5.32 Å². The molecule has 1 saturated heterocycles. The van der Waals surface area contributed by atoms with Crippen LogP contribution in [0.15, 0.2) is 16.5 Å². The Bertz CT molecular complexity index is 567. The number of ether oxygens (including phenoxy) is 1. The second kappa shape index (κ2) is 6.74. The van der Waals surface area contributed by atoms with Crippen molar-refractivity contribution in [1.29, 1.82) is 0 Å². The van der Waals surface area contributed by atoms with Crippen LogP contribution in [-0.4, -0.2) is 35.0 Å². The average Bonchev–Trinajstić information content (AvgIpc) is 3.13. The van der Waals surface area contributed by atoms with E-state index in [4.69, 9.17) is 4.74 Å². The quantitative estimate of drug-likeness (QED) is 0.650. The molecule has 1 fully saturated rings. The molecule has 0 aliphatic carbocycles. The number of hydrogen-bond acceptors (Lipinski definition) is 6. The van der Waals surface area contributed by atoms with E-state index in [-0.39, 0.29) is 0 Å². The fourth-order valence-corrected chi connectivity index (χ4v) is 4.11. The summed E-state index contributed by atoms with van der Waals surface area (Å²) in [4.78, 5) is 10.3. The smallest absolute Gasteiger partial charge is 0.225 e. The maximum Gasteiger partial charge on any atom is 0.225 e. The lowest BCUT2D eigenvalue weighted by molar-refractivity contribution is 0.129. The van der Waals surface area contributed by atoms with Crippen LogP contribution in [0, 0.1) is 0 Å². The Kier molecular flexibility index (Phi) is 4.75. The molecule has 20 heavy (non-hydrogen) atoms. The van der Waals surface area contributed by atoms with Crippen molar-refractivity contribution >= 4 is 39.3 Å². The molecule has 4 nitrogen and oxygen atoms in total. The number of fused-ring (bicyclic) bond motifs is 1. The normalized spacial score (nSPS) is 18.8. The summed E-state index contributed by atoms with van der Waals surface area (Å²) in [5.41, 5.74) is 0. The third-order valence-electron chi connectivity index (χ3n) is 3.25. The van der Waals surface area contributed by atoms with Crippen molar-refractivity contribution in [1.82, 2.24) is 9.97 Å². The molecule has 6 heteroatoms. The van der Waals surface area contributed by atoms with Gasteiger partial charge in [0.1, 0.15) is 9.86 Å². The predicted octanol–water partition coefficient (Wildman–Crippen LogP) is 3.78. The Morgan fingerprint density at radius 2 is 2.45 bits per heavy atom. The molecular weight excluding hydrogens is 290 g/mol. The Hall–Kier alpha value is -0.850. The number of nitrogens with zero attached hydrogens (tertiary/aromatic N) is 2. The second-order valence-corrected chi connectivity index (χ2v) is 6.77. The number of aromatic nitrogens is 2. The van der Waals surface area contributed by atoms with Crippen molar-refractivity contribution in [3.05, 3.63) is 11.4 Å². The van der Waals surface area contributed by atoms with Gasteiger partial charge >= 0.3 is 0 Å². The zero-order chi connectivity index (χ0) is 13.8. The molecular formula is C14H19N3OS2. The van der Waals surface area contributed by atoms with Gasteiger partial charge in [0.15, 0.2) is 0 Å². The van der Waals surface area contributed by atoms with Gasteiger partial charge in [-0.1, -0.05) is 6.92 Å².